The molecule has 11 aromatic carbocycles. The van der Waals surface area contributed by atoms with Crippen LogP contribution in [0.25, 0.3) is 101 Å². The lowest BCUT2D eigenvalue weighted by Gasteiger charge is -2.28. The highest BCUT2D eigenvalue weighted by Gasteiger charge is 2.23. The summed E-state index contributed by atoms with van der Waals surface area (Å²) >= 11 is 3.75. The van der Waals surface area contributed by atoms with Crippen molar-refractivity contribution in [3.63, 3.8) is 0 Å². The molecule has 0 N–H and O–H groups in total. The van der Waals surface area contributed by atoms with Crippen molar-refractivity contribution in [3.8, 4) is 16.8 Å². The van der Waals surface area contributed by atoms with E-state index < -0.39 is 0 Å². The summed E-state index contributed by atoms with van der Waals surface area (Å²) in [5, 5.41) is 10.0. The zero-order chi connectivity index (χ0) is 48.0. The molecule has 4 aromatic heterocycles. The van der Waals surface area contributed by atoms with Crippen LogP contribution in [0.3, 0.4) is 0 Å². The molecule has 0 saturated carbocycles. The van der Waals surface area contributed by atoms with Gasteiger partial charge in [-0.2, -0.15) is 0 Å². The zero-order valence-corrected chi connectivity index (χ0v) is 41.2. The second-order valence-electron chi connectivity index (χ2n) is 19.2. The summed E-state index contributed by atoms with van der Waals surface area (Å²) in [4.78, 5) is 2.44. The van der Waals surface area contributed by atoms with Gasteiger partial charge in [0.05, 0.1) is 16.7 Å². The Kier molecular flexibility index (Phi) is 9.75. The van der Waals surface area contributed by atoms with E-state index in [9.17, 15) is 0 Å². The van der Waals surface area contributed by atoms with Crippen molar-refractivity contribution in [3.05, 3.63) is 265 Å². The Morgan fingerprint density at radius 2 is 1.04 bits per heavy atom. The molecule has 73 heavy (non-hydrogen) atoms. The van der Waals surface area contributed by atoms with E-state index in [0.29, 0.717) is 0 Å². The lowest BCUT2D eigenvalue weighted by Crippen LogP contribution is -2.11. The van der Waals surface area contributed by atoms with Crippen LogP contribution < -0.4 is 4.90 Å². The van der Waals surface area contributed by atoms with E-state index >= 15 is 0 Å². The number of rotatable bonds is 9. The van der Waals surface area contributed by atoms with Crippen molar-refractivity contribution < 1.29 is 4.42 Å². The van der Waals surface area contributed by atoms with Crippen molar-refractivity contribution >= 4 is 124 Å². The molecule has 15 rings (SSSR count). The molecule has 0 saturated heterocycles. The maximum absolute atomic E-state index is 6.30. The lowest BCUT2D eigenvalue weighted by molar-refractivity contribution is 0.668. The number of hydrogen-bond donors (Lipinski definition) is 0. The zero-order valence-electron chi connectivity index (χ0n) is 39.6. The van der Waals surface area contributed by atoms with Gasteiger partial charge in [0.25, 0.3) is 0 Å². The van der Waals surface area contributed by atoms with Crippen LogP contribution in [0.4, 0.5) is 17.1 Å². The predicted octanol–water partition coefficient (Wildman–Crippen LogP) is 19.9. The largest absolute Gasteiger partial charge is 0.456 e. The number of para-hydroxylation sites is 4. The van der Waals surface area contributed by atoms with E-state index in [4.69, 9.17) is 4.42 Å². The third-order valence-electron chi connectivity index (χ3n) is 15.0. The Labute approximate surface area is 429 Å². The number of furan rings is 1. The number of anilines is 3. The van der Waals surface area contributed by atoms with E-state index in [-0.39, 0.29) is 5.92 Å². The summed E-state index contributed by atoms with van der Waals surface area (Å²) in [6.45, 7) is 0. The van der Waals surface area contributed by atoms with Gasteiger partial charge in [-0.15, -0.1) is 22.7 Å². The van der Waals surface area contributed by atoms with E-state index in [0.717, 1.165) is 56.7 Å². The van der Waals surface area contributed by atoms with Crippen molar-refractivity contribution in [2.75, 3.05) is 4.90 Å². The summed E-state index contributed by atoms with van der Waals surface area (Å²) < 4.78 is 14.0. The van der Waals surface area contributed by atoms with Gasteiger partial charge in [-0.3, -0.25) is 0 Å². The summed E-state index contributed by atoms with van der Waals surface area (Å²) in [7, 11) is 0. The minimum atomic E-state index is 0.0755. The highest BCUT2D eigenvalue weighted by atomic mass is 32.1. The molecule has 4 heterocycles. The van der Waals surface area contributed by atoms with Crippen LogP contribution in [0.5, 0.6) is 0 Å². The molecule has 0 aliphatic heterocycles. The first-order chi connectivity index (χ1) is 36.2. The summed E-state index contributed by atoms with van der Waals surface area (Å²) in [6, 6.07) is 91.7. The first kappa shape index (κ1) is 42.0. The molecule has 1 unspecified atom stereocenters. The van der Waals surface area contributed by atoms with E-state index in [1.165, 1.54) is 84.4 Å². The van der Waals surface area contributed by atoms with E-state index in [1.54, 1.807) is 0 Å². The Morgan fingerprint density at radius 1 is 0.384 bits per heavy atom. The normalized spacial score (nSPS) is 12.4. The highest BCUT2D eigenvalue weighted by Crippen LogP contribution is 2.46. The average molecular weight is 969 g/mol. The first-order valence-electron chi connectivity index (χ1n) is 25.0. The maximum atomic E-state index is 6.30. The Hall–Kier alpha value is -8.74. The molecule has 5 heteroatoms. The van der Waals surface area contributed by atoms with Gasteiger partial charge in [0.1, 0.15) is 11.2 Å². The summed E-state index contributed by atoms with van der Waals surface area (Å²) in [6.07, 6.45) is 0.827. The van der Waals surface area contributed by atoms with Gasteiger partial charge in [-0.25, -0.2) is 0 Å². The van der Waals surface area contributed by atoms with Gasteiger partial charge in [0.15, 0.2) is 0 Å². The first-order valence-corrected chi connectivity index (χ1v) is 26.6. The molecule has 0 aliphatic rings. The third-order valence-corrected chi connectivity index (χ3v) is 17.2. The van der Waals surface area contributed by atoms with Gasteiger partial charge < -0.3 is 13.9 Å². The molecular weight excluding hydrogens is 925 g/mol. The van der Waals surface area contributed by atoms with Gasteiger partial charge >= 0.3 is 0 Å². The van der Waals surface area contributed by atoms with Crippen LogP contribution in [-0.4, -0.2) is 4.57 Å². The molecule has 1 atom stereocenters. The summed E-state index contributed by atoms with van der Waals surface area (Å²) in [5.41, 5.74) is 14.8. The minimum Gasteiger partial charge on any atom is -0.456 e. The molecule has 344 valence electrons. The molecule has 3 nitrogen and oxygen atoms in total. The fourth-order valence-corrected chi connectivity index (χ4v) is 13.8. The molecule has 15 aromatic rings. The van der Waals surface area contributed by atoms with Crippen LogP contribution in [0.1, 0.15) is 22.6 Å². The molecule has 0 fully saturated rings. The predicted molar refractivity (Wildman–Crippen MR) is 312 cm³/mol. The van der Waals surface area contributed by atoms with Crippen molar-refractivity contribution in [1.82, 2.24) is 4.57 Å². The van der Waals surface area contributed by atoms with Crippen molar-refractivity contribution in [2.45, 2.75) is 12.3 Å². The van der Waals surface area contributed by atoms with Gasteiger partial charge in [0, 0.05) is 90.4 Å². The fraction of sp³-hybridized carbons (Fsp3) is 0.0294. The number of hydrogen-bond acceptors (Lipinski definition) is 4. The number of fused-ring (bicyclic) bond motifs is 12. The van der Waals surface area contributed by atoms with Crippen molar-refractivity contribution in [2.24, 2.45) is 0 Å². The topological polar surface area (TPSA) is 21.3 Å². The summed E-state index contributed by atoms with van der Waals surface area (Å²) in [5.74, 6) is 0.0755. The molecule has 0 radical (unpaired) electrons. The standard InChI is InChI=1S/C68H44N2OS2/c1-3-18-47(19-4-1)69(49-32-33-51-56-42-68-59(54-25-10-14-29-66(54)73-68)41-62(56)70(61(51)40-49)48-20-5-2-6-21-48)60-26-11-7-22-50(60)44-16-15-17-45(38-44)55(46-31-35-67-58(39-46)53-24-9-13-28-65(53)72-67)36-43-30-34-64-57(37-43)52-23-8-12-27-63(52)71-64/h1-35,37-42,55H,36H2. The Balaban J connectivity index is 0.893. The third kappa shape index (κ3) is 6.99. The van der Waals surface area contributed by atoms with Crippen LogP contribution in [0, 0.1) is 0 Å². The minimum absolute atomic E-state index is 0.0755. The van der Waals surface area contributed by atoms with Gasteiger partial charge in [-0.05, 0) is 126 Å². The Bertz CT molecular complexity index is 4620. The highest BCUT2D eigenvalue weighted by molar-refractivity contribution is 7.26. The SMILES string of the molecule is c1ccc(N(c2ccc3c4cc5sc6ccccc6c5cc4n(-c4ccccc4)c3c2)c2ccccc2-c2cccc(C(Cc3ccc4oc5ccccc5c4c3)c3ccc4sc5ccccc5c4c3)c2)cc1. The maximum Gasteiger partial charge on any atom is 0.135 e. The van der Waals surface area contributed by atoms with Crippen LogP contribution in [0.2, 0.25) is 0 Å². The second-order valence-corrected chi connectivity index (χ2v) is 21.4. The number of thiophene rings is 2. The number of benzene rings is 11. The molecular formula is C68H44N2OS2. The Morgan fingerprint density at radius 3 is 1.88 bits per heavy atom. The molecule has 0 spiro atoms. The molecule has 0 amide bonds. The quantitative estimate of drug-likeness (QED) is 0.144. The monoisotopic (exact) mass is 968 g/mol. The van der Waals surface area contributed by atoms with Gasteiger partial charge in [0.2, 0.25) is 0 Å². The number of nitrogens with zero attached hydrogens (tertiary/aromatic N) is 2. The van der Waals surface area contributed by atoms with Gasteiger partial charge in [-0.1, -0.05) is 152 Å². The fourth-order valence-electron chi connectivity index (χ4n) is 11.6. The van der Waals surface area contributed by atoms with Crippen LogP contribution in [-0.2, 0) is 6.42 Å². The van der Waals surface area contributed by atoms with Crippen molar-refractivity contribution in [1.29, 1.82) is 0 Å². The molecule has 0 aliphatic carbocycles. The lowest BCUT2D eigenvalue weighted by atomic mass is 9.84. The number of aromatic nitrogens is 1. The molecule has 0 bridgehead atoms. The van der Waals surface area contributed by atoms with E-state index in [1.807, 2.05) is 28.7 Å². The second kappa shape index (κ2) is 17.0. The van der Waals surface area contributed by atoms with E-state index in [2.05, 4.69) is 252 Å². The van der Waals surface area contributed by atoms with Crippen LogP contribution >= 0.6 is 22.7 Å². The average Bonchev–Trinajstić information content (AvgIpc) is 4.21. The smallest absolute Gasteiger partial charge is 0.135 e. The van der Waals surface area contributed by atoms with Crippen LogP contribution in [0.15, 0.2) is 253 Å².